The van der Waals surface area contributed by atoms with Crippen LogP contribution in [0.5, 0.6) is 0 Å². The summed E-state index contributed by atoms with van der Waals surface area (Å²) in [4.78, 5) is 13.4. The molecule has 1 N–H and O–H groups in total. The van der Waals surface area contributed by atoms with Gasteiger partial charge in [0.05, 0.1) is 0 Å². The Hall–Kier alpha value is -1.35. The molecule has 0 aliphatic carbocycles. The van der Waals surface area contributed by atoms with E-state index in [1.54, 1.807) is 0 Å². The van der Waals surface area contributed by atoms with E-state index < -0.39 is 5.97 Å². The normalized spacial score (nSPS) is 20.0. The molecule has 1 aromatic carbocycles. The Morgan fingerprint density at radius 3 is 2.33 bits per heavy atom. The second kappa shape index (κ2) is 5.80. The van der Waals surface area contributed by atoms with E-state index in [0.29, 0.717) is 0 Å². The first kappa shape index (κ1) is 16.0. The minimum atomic E-state index is -0.686. The van der Waals surface area contributed by atoms with Crippen LogP contribution in [0.4, 0.5) is 0 Å². The number of carboxylic acid groups (broad SMARTS) is 1. The number of carbonyl (C=O) groups is 1. The number of hydrogen-bond acceptors (Lipinski definition) is 2. The summed E-state index contributed by atoms with van der Waals surface area (Å²) in [6.07, 6.45) is 1.75. The number of benzene rings is 1. The zero-order valence-electron chi connectivity index (χ0n) is 13.9. The molecule has 3 nitrogen and oxygen atoms in total. The van der Waals surface area contributed by atoms with Crippen LogP contribution in [0, 0.1) is 13.8 Å². The fraction of sp³-hybridized carbons (Fsp3) is 0.611. The van der Waals surface area contributed by atoms with Crippen molar-refractivity contribution in [1.82, 2.24) is 4.90 Å². The van der Waals surface area contributed by atoms with E-state index in [-0.39, 0.29) is 11.5 Å². The van der Waals surface area contributed by atoms with Gasteiger partial charge in [0.15, 0.2) is 0 Å². The van der Waals surface area contributed by atoms with Crippen LogP contribution in [0.25, 0.3) is 0 Å². The molecule has 1 aliphatic rings. The van der Waals surface area contributed by atoms with Gasteiger partial charge in [-0.2, -0.15) is 0 Å². The summed E-state index contributed by atoms with van der Waals surface area (Å²) in [5.41, 5.74) is 5.33. The minimum absolute atomic E-state index is 0.144. The standard InChI is InChI=1S/C18H27NO2/c1-12-9-14(18(3,4)5)10-13(2)15(12)11-19-8-6-7-16(19)17(20)21/h9-10,16H,6-8,11H2,1-5H3,(H,20,21)/t16-/m1/s1. The Morgan fingerprint density at radius 1 is 1.29 bits per heavy atom. The topological polar surface area (TPSA) is 40.5 Å². The highest BCUT2D eigenvalue weighted by Gasteiger charge is 2.31. The van der Waals surface area contributed by atoms with Crippen LogP contribution in [-0.2, 0) is 16.8 Å². The van der Waals surface area contributed by atoms with Gasteiger partial charge in [0.1, 0.15) is 6.04 Å². The fourth-order valence-electron chi connectivity index (χ4n) is 3.17. The minimum Gasteiger partial charge on any atom is -0.480 e. The molecule has 1 aromatic rings. The molecule has 1 heterocycles. The van der Waals surface area contributed by atoms with Gasteiger partial charge in [-0.1, -0.05) is 32.9 Å². The number of carboxylic acids is 1. The summed E-state index contributed by atoms with van der Waals surface area (Å²) in [5.74, 6) is -0.686. The van der Waals surface area contributed by atoms with Gasteiger partial charge in [-0.05, 0) is 60.9 Å². The Morgan fingerprint density at radius 2 is 1.86 bits per heavy atom. The van der Waals surface area contributed by atoms with E-state index in [1.165, 1.54) is 22.3 Å². The number of rotatable bonds is 3. The van der Waals surface area contributed by atoms with Crippen LogP contribution in [0.15, 0.2) is 12.1 Å². The maximum Gasteiger partial charge on any atom is 0.320 e. The lowest BCUT2D eigenvalue weighted by Crippen LogP contribution is -2.35. The van der Waals surface area contributed by atoms with Gasteiger partial charge in [-0.25, -0.2) is 0 Å². The molecule has 0 amide bonds. The maximum absolute atomic E-state index is 11.3. The zero-order chi connectivity index (χ0) is 15.8. The van der Waals surface area contributed by atoms with E-state index in [9.17, 15) is 9.90 Å². The van der Waals surface area contributed by atoms with E-state index in [1.807, 2.05) is 0 Å². The first-order valence-corrected chi connectivity index (χ1v) is 7.77. The van der Waals surface area contributed by atoms with Crippen molar-refractivity contribution in [2.24, 2.45) is 0 Å². The summed E-state index contributed by atoms with van der Waals surface area (Å²) in [7, 11) is 0. The average molecular weight is 289 g/mol. The zero-order valence-corrected chi connectivity index (χ0v) is 13.9. The molecule has 0 radical (unpaired) electrons. The Labute approximate surface area is 128 Å². The molecule has 1 atom stereocenters. The average Bonchev–Trinajstić information content (AvgIpc) is 2.80. The predicted molar refractivity (Wildman–Crippen MR) is 85.7 cm³/mol. The number of likely N-dealkylation sites (tertiary alicyclic amines) is 1. The first-order valence-electron chi connectivity index (χ1n) is 7.77. The highest BCUT2D eigenvalue weighted by molar-refractivity contribution is 5.73. The molecule has 0 bridgehead atoms. The summed E-state index contributed by atoms with van der Waals surface area (Å²) >= 11 is 0. The lowest BCUT2D eigenvalue weighted by molar-refractivity contribution is -0.142. The largest absolute Gasteiger partial charge is 0.480 e. The molecule has 2 rings (SSSR count). The van der Waals surface area contributed by atoms with E-state index in [0.717, 1.165) is 25.9 Å². The predicted octanol–water partition coefficient (Wildman–Crippen LogP) is 3.65. The molecular formula is C18H27NO2. The molecule has 0 aromatic heterocycles. The van der Waals surface area contributed by atoms with Gasteiger partial charge in [-0.3, -0.25) is 9.69 Å². The SMILES string of the molecule is Cc1cc(C(C)(C)C)cc(C)c1CN1CCC[C@@H]1C(=O)O. The third-order valence-electron chi connectivity index (χ3n) is 4.57. The Balaban J connectivity index is 2.27. The Bertz CT molecular complexity index is 520. The maximum atomic E-state index is 11.3. The van der Waals surface area contributed by atoms with Crippen LogP contribution in [0.1, 0.15) is 55.9 Å². The third kappa shape index (κ3) is 3.46. The van der Waals surface area contributed by atoms with E-state index >= 15 is 0 Å². The molecule has 1 aliphatic heterocycles. The van der Waals surface area contributed by atoms with Crippen molar-refractivity contribution in [1.29, 1.82) is 0 Å². The summed E-state index contributed by atoms with van der Waals surface area (Å²) in [6.45, 7) is 12.6. The number of aliphatic carboxylic acids is 1. The lowest BCUT2D eigenvalue weighted by atomic mass is 9.83. The summed E-state index contributed by atoms with van der Waals surface area (Å²) in [5, 5.41) is 9.31. The number of nitrogens with zero attached hydrogens (tertiary/aromatic N) is 1. The second-order valence-corrected chi connectivity index (χ2v) is 7.31. The van der Waals surface area contributed by atoms with Crippen LogP contribution in [-0.4, -0.2) is 28.6 Å². The molecule has 1 saturated heterocycles. The summed E-state index contributed by atoms with van der Waals surface area (Å²) in [6, 6.07) is 4.20. The molecule has 0 unspecified atom stereocenters. The van der Waals surface area contributed by atoms with Crippen LogP contribution < -0.4 is 0 Å². The van der Waals surface area contributed by atoms with Gasteiger partial charge < -0.3 is 5.11 Å². The van der Waals surface area contributed by atoms with Gasteiger partial charge in [0.25, 0.3) is 0 Å². The van der Waals surface area contributed by atoms with Gasteiger partial charge in [-0.15, -0.1) is 0 Å². The van der Waals surface area contributed by atoms with Crippen molar-refractivity contribution in [3.63, 3.8) is 0 Å². The van der Waals surface area contributed by atoms with Crippen molar-refractivity contribution in [2.45, 2.75) is 65.5 Å². The van der Waals surface area contributed by atoms with Crippen LogP contribution >= 0.6 is 0 Å². The van der Waals surface area contributed by atoms with Crippen molar-refractivity contribution < 1.29 is 9.90 Å². The van der Waals surface area contributed by atoms with Gasteiger partial charge in [0.2, 0.25) is 0 Å². The van der Waals surface area contributed by atoms with Crippen molar-refractivity contribution in [3.8, 4) is 0 Å². The number of aryl methyl sites for hydroxylation is 2. The van der Waals surface area contributed by atoms with E-state index in [4.69, 9.17) is 0 Å². The summed E-state index contributed by atoms with van der Waals surface area (Å²) < 4.78 is 0. The van der Waals surface area contributed by atoms with Crippen molar-refractivity contribution in [2.75, 3.05) is 6.54 Å². The number of hydrogen-bond donors (Lipinski definition) is 1. The highest BCUT2D eigenvalue weighted by atomic mass is 16.4. The molecular weight excluding hydrogens is 262 g/mol. The lowest BCUT2D eigenvalue weighted by Gasteiger charge is -2.26. The van der Waals surface area contributed by atoms with Crippen LogP contribution in [0.3, 0.4) is 0 Å². The van der Waals surface area contributed by atoms with Gasteiger partial charge in [0, 0.05) is 6.54 Å². The second-order valence-electron chi connectivity index (χ2n) is 7.31. The molecule has 0 saturated carbocycles. The van der Waals surface area contributed by atoms with Crippen molar-refractivity contribution in [3.05, 3.63) is 34.4 Å². The Kier molecular flexibility index (Phi) is 4.43. The fourth-order valence-corrected chi connectivity index (χ4v) is 3.17. The first-order chi connectivity index (χ1) is 9.70. The quantitative estimate of drug-likeness (QED) is 0.923. The monoisotopic (exact) mass is 289 g/mol. The highest BCUT2D eigenvalue weighted by Crippen LogP contribution is 2.29. The third-order valence-corrected chi connectivity index (χ3v) is 4.57. The molecule has 3 heteroatoms. The molecule has 1 fully saturated rings. The molecule has 21 heavy (non-hydrogen) atoms. The van der Waals surface area contributed by atoms with E-state index in [2.05, 4.69) is 51.7 Å². The van der Waals surface area contributed by atoms with Crippen LogP contribution in [0.2, 0.25) is 0 Å². The smallest absolute Gasteiger partial charge is 0.320 e. The molecule has 0 spiro atoms. The van der Waals surface area contributed by atoms with Gasteiger partial charge >= 0.3 is 5.97 Å². The molecule has 116 valence electrons. The van der Waals surface area contributed by atoms with Crippen molar-refractivity contribution >= 4 is 5.97 Å².